The van der Waals surface area contributed by atoms with E-state index in [2.05, 4.69) is 9.88 Å². The van der Waals surface area contributed by atoms with Crippen LogP contribution in [0.1, 0.15) is 59.4 Å². The van der Waals surface area contributed by atoms with Crippen molar-refractivity contribution < 1.29 is 9.59 Å². The smallest absolute Gasteiger partial charge is 0.326 e. The minimum atomic E-state index is -0.0159. The van der Waals surface area contributed by atoms with E-state index in [1.165, 1.54) is 6.92 Å². The van der Waals surface area contributed by atoms with Crippen LogP contribution in [0.3, 0.4) is 0 Å². The molecule has 1 amide bonds. The largest absolute Gasteiger partial charge is 0.339 e. The number of H-pyrrole nitrogens is 1. The molecule has 1 N–H and O–H groups in total. The monoisotopic (exact) mass is 446 g/mol. The second kappa shape index (κ2) is 8.98. The van der Waals surface area contributed by atoms with E-state index < -0.39 is 0 Å². The van der Waals surface area contributed by atoms with Gasteiger partial charge in [0.15, 0.2) is 5.78 Å². The van der Waals surface area contributed by atoms with Gasteiger partial charge in [-0.2, -0.15) is 0 Å². The lowest BCUT2D eigenvalue weighted by molar-refractivity contribution is 0.0557. The molecule has 7 nitrogen and oxygen atoms in total. The van der Waals surface area contributed by atoms with Crippen molar-refractivity contribution in [1.82, 2.24) is 19.4 Å². The van der Waals surface area contributed by atoms with Gasteiger partial charge in [-0.05, 0) is 56.9 Å². The van der Waals surface area contributed by atoms with Gasteiger partial charge in [-0.25, -0.2) is 4.79 Å². The van der Waals surface area contributed by atoms with Gasteiger partial charge < -0.3 is 14.8 Å². The van der Waals surface area contributed by atoms with Crippen molar-refractivity contribution in [3.05, 3.63) is 70.1 Å². The standard InChI is InChI=1S/C26H30N4O3/c1-18(31)19-6-8-20(9-7-19)25(32)29-16-10-21(11-17-29)28-14-12-22(13-15-28)30-24-5-3-2-4-23(24)27-26(30)33/h2-9,21-22H,10-17H2,1H3,(H,27,33). The molecule has 2 aliphatic rings. The molecule has 5 rings (SSSR count). The van der Waals surface area contributed by atoms with E-state index >= 15 is 0 Å². The lowest BCUT2D eigenvalue weighted by Gasteiger charge is -2.42. The molecule has 3 aromatic rings. The molecule has 2 aliphatic heterocycles. The number of carbonyl (C=O) groups is 2. The van der Waals surface area contributed by atoms with Crippen molar-refractivity contribution >= 4 is 22.7 Å². The summed E-state index contributed by atoms with van der Waals surface area (Å²) < 4.78 is 1.94. The normalized spacial score (nSPS) is 18.6. The molecule has 0 unspecified atom stereocenters. The summed E-state index contributed by atoms with van der Waals surface area (Å²) in [4.78, 5) is 44.3. The molecule has 0 atom stereocenters. The number of carbonyl (C=O) groups excluding carboxylic acids is 2. The van der Waals surface area contributed by atoms with E-state index in [0.717, 1.165) is 62.9 Å². The van der Waals surface area contributed by atoms with Crippen LogP contribution in [0.15, 0.2) is 53.3 Å². The second-order valence-electron chi connectivity index (χ2n) is 9.24. The van der Waals surface area contributed by atoms with Crippen LogP contribution in [0.25, 0.3) is 11.0 Å². The number of nitrogens with one attached hydrogen (secondary N) is 1. The Morgan fingerprint density at radius 2 is 1.42 bits per heavy atom. The summed E-state index contributed by atoms with van der Waals surface area (Å²) in [6.45, 7) is 4.98. The Labute approximate surface area is 193 Å². The zero-order valence-corrected chi connectivity index (χ0v) is 19.0. The molecule has 3 heterocycles. The Balaban J connectivity index is 1.16. The predicted molar refractivity (Wildman–Crippen MR) is 128 cm³/mol. The first-order valence-electron chi connectivity index (χ1n) is 11.8. The fourth-order valence-electron chi connectivity index (χ4n) is 5.41. The Kier molecular flexibility index (Phi) is 5.89. The molecule has 2 fully saturated rings. The fourth-order valence-corrected chi connectivity index (χ4v) is 5.41. The van der Waals surface area contributed by atoms with Gasteiger partial charge in [0.1, 0.15) is 0 Å². The Morgan fingerprint density at radius 3 is 2.09 bits per heavy atom. The number of nitrogens with zero attached hydrogens (tertiary/aromatic N) is 3. The van der Waals surface area contributed by atoms with Crippen LogP contribution >= 0.6 is 0 Å². The first kappa shape index (κ1) is 21.6. The molecule has 0 saturated carbocycles. The maximum Gasteiger partial charge on any atom is 0.326 e. The van der Waals surface area contributed by atoms with E-state index in [1.54, 1.807) is 24.3 Å². The van der Waals surface area contributed by atoms with Gasteiger partial charge in [0.05, 0.1) is 11.0 Å². The summed E-state index contributed by atoms with van der Waals surface area (Å²) in [5.74, 6) is 0.0501. The summed E-state index contributed by atoms with van der Waals surface area (Å²) in [5, 5.41) is 0. The van der Waals surface area contributed by atoms with E-state index in [1.807, 2.05) is 33.7 Å². The molecule has 2 saturated heterocycles. The van der Waals surface area contributed by atoms with Crippen LogP contribution < -0.4 is 5.69 Å². The number of hydrogen-bond acceptors (Lipinski definition) is 4. The number of piperidine rings is 2. The van der Waals surface area contributed by atoms with Gasteiger partial charge >= 0.3 is 5.69 Å². The van der Waals surface area contributed by atoms with E-state index in [9.17, 15) is 14.4 Å². The molecule has 33 heavy (non-hydrogen) atoms. The number of para-hydroxylation sites is 2. The molecule has 0 spiro atoms. The first-order chi connectivity index (χ1) is 16.0. The highest BCUT2D eigenvalue weighted by Crippen LogP contribution is 2.28. The number of aromatic amines is 1. The quantitative estimate of drug-likeness (QED) is 0.623. The molecule has 0 bridgehead atoms. The molecule has 1 aromatic heterocycles. The Bertz CT molecular complexity index is 1210. The molecule has 7 heteroatoms. The minimum Gasteiger partial charge on any atom is -0.339 e. The zero-order chi connectivity index (χ0) is 22.9. The van der Waals surface area contributed by atoms with Gasteiger partial charge in [-0.1, -0.05) is 24.3 Å². The van der Waals surface area contributed by atoms with Crippen molar-refractivity contribution in [3.63, 3.8) is 0 Å². The number of likely N-dealkylation sites (tertiary alicyclic amines) is 2. The van der Waals surface area contributed by atoms with Gasteiger partial charge in [0, 0.05) is 49.4 Å². The van der Waals surface area contributed by atoms with Crippen molar-refractivity contribution in [1.29, 1.82) is 0 Å². The number of ketones is 1. The minimum absolute atomic E-state index is 0.00755. The maximum atomic E-state index is 12.9. The van der Waals surface area contributed by atoms with E-state index in [4.69, 9.17) is 0 Å². The molecule has 0 aliphatic carbocycles. The Morgan fingerprint density at radius 1 is 0.818 bits per heavy atom. The number of rotatable bonds is 4. The molecule has 172 valence electrons. The Hall–Kier alpha value is -3.19. The van der Waals surface area contributed by atoms with Crippen molar-refractivity contribution in [2.24, 2.45) is 0 Å². The summed E-state index contributed by atoms with van der Waals surface area (Å²) in [5.41, 5.74) is 3.15. The predicted octanol–water partition coefficient (Wildman–Crippen LogP) is 3.47. The lowest BCUT2D eigenvalue weighted by atomic mass is 9.97. The first-order valence-corrected chi connectivity index (χ1v) is 11.8. The number of imidazole rings is 1. The topological polar surface area (TPSA) is 78.4 Å². The molecule has 2 aromatic carbocycles. The molecular formula is C26H30N4O3. The fraction of sp³-hybridized carbons (Fsp3) is 0.423. The number of fused-ring (bicyclic) bond motifs is 1. The SMILES string of the molecule is CC(=O)c1ccc(C(=O)N2CCC(N3CCC(n4c(=O)[nH]c5ccccc54)CC3)CC2)cc1. The number of aromatic nitrogens is 2. The van der Waals surface area contributed by atoms with Crippen molar-refractivity contribution in [2.45, 2.75) is 44.7 Å². The highest BCUT2D eigenvalue weighted by atomic mass is 16.2. The number of amides is 1. The summed E-state index contributed by atoms with van der Waals surface area (Å²) >= 11 is 0. The van der Waals surface area contributed by atoms with E-state index in [-0.39, 0.29) is 23.4 Å². The summed E-state index contributed by atoms with van der Waals surface area (Å²) in [7, 11) is 0. The van der Waals surface area contributed by atoms with Gasteiger partial charge in [-0.15, -0.1) is 0 Å². The van der Waals surface area contributed by atoms with Crippen LogP contribution in [-0.2, 0) is 0 Å². The second-order valence-corrected chi connectivity index (χ2v) is 9.24. The molecule has 0 radical (unpaired) electrons. The highest BCUT2D eigenvalue weighted by molar-refractivity contribution is 5.97. The highest BCUT2D eigenvalue weighted by Gasteiger charge is 2.31. The average molecular weight is 447 g/mol. The summed E-state index contributed by atoms with van der Waals surface area (Å²) in [6, 6.07) is 15.6. The third kappa shape index (κ3) is 4.25. The van der Waals surface area contributed by atoms with Crippen LogP contribution in [0, 0.1) is 0 Å². The zero-order valence-electron chi connectivity index (χ0n) is 19.0. The lowest BCUT2D eigenvalue weighted by Crippen LogP contribution is -2.49. The number of hydrogen-bond donors (Lipinski definition) is 1. The van der Waals surface area contributed by atoms with Gasteiger partial charge in [-0.3, -0.25) is 14.2 Å². The summed E-state index contributed by atoms with van der Waals surface area (Å²) in [6.07, 6.45) is 3.86. The van der Waals surface area contributed by atoms with Crippen LogP contribution in [-0.4, -0.2) is 63.3 Å². The third-order valence-corrected chi connectivity index (χ3v) is 7.29. The van der Waals surface area contributed by atoms with Crippen LogP contribution in [0.5, 0.6) is 0 Å². The number of benzene rings is 2. The van der Waals surface area contributed by atoms with Crippen molar-refractivity contribution in [3.8, 4) is 0 Å². The third-order valence-electron chi connectivity index (χ3n) is 7.29. The van der Waals surface area contributed by atoms with Gasteiger partial charge in [0.25, 0.3) is 5.91 Å². The van der Waals surface area contributed by atoms with E-state index in [0.29, 0.717) is 17.2 Å². The van der Waals surface area contributed by atoms with Crippen LogP contribution in [0.2, 0.25) is 0 Å². The maximum absolute atomic E-state index is 12.9. The average Bonchev–Trinajstić information content (AvgIpc) is 3.19. The van der Waals surface area contributed by atoms with Crippen LogP contribution in [0.4, 0.5) is 0 Å². The number of Topliss-reactive ketones (excluding diaryl/α,β-unsaturated/α-hetero) is 1. The van der Waals surface area contributed by atoms with Crippen molar-refractivity contribution in [2.75, 3.05) is 26.2 Å². The molecular weight excluding hydrogens is 416 g/mol. The van der Waals surface area contributed by atoms with Gasteiger partial charge in [0.2, 0.25) is 0 Å².